The number of nitrogens with zero attached hydrogens (tertiary/aromatic N) is 1. The topological polar surface area (TPSA) is 63.4 Å². The third-order valence-electron chi connectivity index (χ3n) is 2.68. The zero-order valence-corrected chi connectivity index (χ0v) is 10.5. The van der Waals surface area contributed by atoms with Crippen molar-refractivity contribution in [3.8, 4) is 0 Å². The van der Waals surface area contributed by atoms with Crippen LogP contribution >= 0.6 is 11.6 Å². The lowest BCUT2D eigenvalue weighted by atomic mass is 10.0. The molecule has 1 aromatic rings. The smallest absolute Gasteiger partial charge is 0.231 e. The van der Waals surface area contributed by atoms with Crippen molar-refractivity contribution in [1.29, 1.82) is 0 Å². The maximum absolute atomic E-state index is 11.6. The first-order chi connectivity index (χ1) is 8.54. The van der Waals surface area contributed by atoms with E-state index < -0.39 is 5.91 Å². The van der Waals surface area contributed by atoms with Gasteiger partial charge in [0.1, 0.15) is 0 Å². The molecule has 1 amide bonds. The zero-order chi connectivity index (χ0) is 13.1. The maximum atomic E-state index is 11.6. The number of hydrogen-bond donors (Lipinski definition) is 1. The molecule has 0 aliphatic carbocycles. The summed E-state index contributed by atoms with van der Waals surface area (Å²) in [6.45, 7) is 0.839. The lowest BCUT2D eigenvalue weighted by Crippen LogP contribution is -2.40. The number of nitrogens with two attached hydrogens (primary N) is 1. The van der Waals surface area contributed by atoms with Crippen LogP contribution in [0.15, 0.2) is 30.3 Å². The number of amides is 1. The summed E-state index contributed by atoms with van der Waals surface area (Å²) in [4.78, 5) is 24.2. The Bertz CT molecular complexity index is 525. The third-order valence-corrected chi connectivity index (χ3v) is 2.92. The van der Waals surface area contributed by atoms with E-state index >= 15 is 0 Å². The molecule has 1 heterocycles. The van der Waals surface area contributed by atoms with E-state index in [9.17, 15) is 9.59 Å². The van der Waals surface area contributed by atoms with Crippen molar-refractivity contribution >= 4 is 28.9 Å². The van der Waals surface area contributed by atoms with Crippen LogP contribution in [0.5, 0.6) is 0 Å². The van der Waals surface area contributed by atoms with Crippen LogP contribution in [0, 0.1) is 0 Å². The van der Waals surface area contributed by atoms with Crippen LogP contribution in [0.3, 0.4) is 0 Å². The summed E-state index contributed by atoms with van der Waals surface area (Å²) in [7, 11) is 0. The van der Waals surface area contributed by atoms with Crippen LogP contribution in [0.25, 0.3) is 5.57 Å². The van der Waals surface area contributed by atoms with E-state index in [-0.39, 0.29) is 18.9 Å². The fourth-order valence-corrected chi connectivity index (χ4v) is 2.19. The van der Waals surface area contributed by atoms with Crippen LogP contribution in [-0.2, 0) is 9.59 Å². The number of halogens is 1. The van der Waals surface area contributed by atoms with Gasteiger partial charge in [0.15, 0.2) is 5.78 Å². The van der Waals surface area contributed by atoms with Gasteiger partial charge in [0.25, 0.3) is 0 Å². The zero-order valence-electron chi connectivity index (χ0n) is 9.73. The summed E-state index contributed by atoms with van der Waals surface area (Å²) in [5, 5.41) is 0.618. The second kappa shape index (κ2) is 5.33. The first-order valence-electron chi connectivity index (χ1n) is 5.54. The van der Waals surface area contributed by atoms with E-state index in [1.54, 1.807) is 23.1 Å². The maximum Gasteiger partial charge on any atom is 0.231 e. The van der Waals surface area contributed by atoms with E-state index in [1.165, 1.54) is 0 Å². The van der Waals surface area contributed by atoms with Gasteiger partial charge in [0.05, 0.1) is 13.1 Å². The van der Waals surface area contributed by atoms with Crippen LogP contribution in [0.2, 0.25) is 5.02 Å². The predicted molar refractivity (Wildman–Crippen MR) is 70.1 cm³/mol. The van der Waals surface area contributed by atoms with Gasteiger partial charge in [-0.05, 0) is 29.3 Å². The molecule has 0 radical (unpaired) electrons. The molecule has 0 fully saturated rings. The lowest BCUT2D eigenvalue weighted by molar-refractivity contribution is -0.120. The minimum atomic E-state index is -0.435. The Morgan fingerprint density at radius 3 is 2.83 bits per heavy atom. The highest BCUT2D eigenvalue weighted by molar-refractivity contribution is 6.30. The van der Waals surface area contributed by atoms with E-state index in [2.05, 4.69) is 0 Å². The van der Waals surface area contributed by atoms with E-state index in [1.807, 2.05) is 12.1 Å². The van der Waals surface area contributed by atoms with Crippen LogP contribution in [0.1, 0.15) is 5.56 Å². The second-order valence-electron chi connectivity index (χ2n) is 4.26. The van der Waals surface area contributed by atoms with Crippen molar-refractivity contribution in [3.05, 3.63) is 40.9 Å². The molecule has 0 saturated heterocycles. The molecular weight excluding hydrogens is 252 g/mol. The van der Waals surface area contributed by atoms with Gasteiger partial charge in [-0.3, -0.25) is 14.5 Å². The molecule has 18 heavy (non-hydrogen) atoms. The first-order valence-corrected chi connectivity index (χ1v) is 5.92. The lowest BCUT2D eigenvalue weighted by Gasteiger charge is -2.25. The average Bonchev–Trinajstić information content (AvgIpc) is 2.27. The van der Waals surface area contributed by atoms with Gasteiger partial charge in [0.2, 0.25) is 5.91 Å². The van der Waals surface area contributed by atoms with E-state index in [0.717, 1.165) is 11.1 Å². The van der Waals surface area contributed by atoms with Crippen molar-refractivity contribution in [2.45, 2.75) is 0 Å². The van der Waals surface area contributed by atoms with Gasteiger partial charge in [-0.1, -0.05) is 23.7 Å². The molecule has 0 saturated carbocycles. The Kier molecular flexibility index (Phi) is 3.79. The monoisotopic (exact) mass is 264 g/mol. The molecule has 94 valence electrons. The molecule has 1 aliphatic heterocycles. The fourth-order valence-electron chi connectivity index (χ4n) is 2.00. The highest BCUT2D eigenvalue weighted by Gasteiger charge is 2.20. The molecule has 2 N–H and O–H groups in total. The molecule has 0 atom stereocenters. The molecule has 0 aromatic heterocycles. The molecule has 1 aliphatic rings. The van der Waals surface area contributed by atoms with Crippen molar-refractivity contribution < 1.29 is 9.59 Å². The molecular formula is C13H13ClN2O2. The summed E-state index contributed by atoms with van der Waals surface area (Å²) in [6, 6.07) is 7.29. The fraction of sp³-hybridized carbons (Fsp3) is 0.231. The molecule has 5 heteroatoms. The SMILES string of the molecule is NC(=O)CN1CC(=O)C=C(c2cccc(Cl)c2)C1. The number of hydrogen-bond acceptors (Lipinski definition) is 3. The Hall–Kier alpha value is -1.65. The molecule has 0 unspecified atom stereocenters. The minimum Gasteiger partial charge on any atom is -0.369 e. The summed E-state index contributed by atoms with van der Waals surface area (Å²) in [5.74, 6) is -0.465. The number of carbonyl (C=O) groups is 2. The Morgan fingerprint density at radius 1 is 1.39 bits per heavy atom. The summed E-state index contributed by atoms with van der Waals surface area (Å²) in [6.07, 6.45) is 1.60. The average molecular weight is 265 g/mol. The van der Waals surface area contributed by atoms with Gasteiger partial charge < -0.3 is 5.73 Å². The Labute approximate surface area is 110 Å². The van der Waals surface area contributed by atoms with E-state index in [4.69, 9.17) is 17.3 Å². The van der Waals surface area contributed by atoms with Crippen LogP contribution in [0.4, 0.5) is 0 Å². The third kappa shape index (κ3) is 3.18. The van der Waals surface area contributed by atoms with Crippen LogP contribution < -0.4 is 5.73 Å². The standard InChI is InChI=1S/C13H13ClN2O2/c14-11-3-1-2-9(4-11)10-5-12(17)7-16(6-10)8-13(15)18/h1-5H,6-8H2,(H2,15,18). The molecule has 0 bridgehead atoms. The molecule has 4 nitrogen and oxygen atoms in total. The number of carbonyl (C=O) groups excluding carboxylic acids is 2. The number of rotatable bonds is 3. The molecule has 1 aromatic carbocycles. The Morgan fingerprint density at radius 2 is 2.17 bits per heavy atom. The van der Waals surface area contributed by atoms with Gasteiger partial charge in [0, 0.05) is 11.6 Å². The minimum absolute atomic E-state index is 0.0301. The van der Waals surface area contributed by atoms with Gasteiger partial charge >= 0.3 is 0 Å². The van der Waals surface area contributed by atoms with E-state index in [0.29, 0.717) is 11.6 Å². The van der Waals surface area contributed by atoms with Crippen molar-refractivity contribution in [3.63, 3.8) is 0 Å². The normalized spacial score (nSPS) is 16.5. The summed E-state index contributed by atoms with van der Waals surface area (Å²) in [5.41, 5.74) is 6.89. The van der Waals surface area contributed by atoms with Crippen molar-refractivity contribution in [2.24, 2.45) is 5.73 Å². The summed E-state index contributed by atoms with van der Waals surface area (Å²) < 4.78 is 0. The highest BCUT2D eigenvalue weighted by atomic mass is 35.5. The van der Waals surface area contributed by atoms with Gasteiger partial charge in [-0.25, -0.2) is 0 Å². The first kappa shape index (κ1) is 12.8. The van der Waals surface area contributed by atoms with Gasteiger partial charge in [-0.2, -0.15) is 0 Å². The number of primary amides is 1. The predicted octanol–water partition coefficient (Wildman–Crippen LogP) is 1.09. The van der Waals surface area contributed by atoms with Crippen molar-refractivity contribution in [2.75, 3.05) is 19.6 Å². The van der Waals surface area contributed by atoms with Crippen molar-refractivity contribution in [1.82, 2.24) is 4.90 Å². The van der Waals surface area contributed by atoms with Crippen LogP contribution in [-0.4, -0.2) is 36.2 Å². The molecule has 0 spiro atoms. The quantitative estimate of drug-likeness (QED) is 0.889. The second-order valence-corrected chi connectivity index (χ2v) is 4.69. The van der Waals surface area contributed by atoms with Gasteiger partial charge in [-0.15, -0.1) is 0 Å². The largest absolute Gasteiger partial charge is 0.369 e. The number of ketones is 1. The summed E-state index contributed by atoms with van der Waals surface area (Å²) >= 11 is 5.92. The number of benzene rings is 1. The molecule has 2 rings (SSSR count). The highest BCUT2D eigenvalue weighted by Crippen LogP contribution is 2.22. The Balaban J connectivity index is 2.22.